The highest BCUT2D eigenvalue weighted by Crippen LogP contribution is 2.36. The molecule has 1 fully saturated rings. The van der Waals surface area contributed by atoms with E-state index in [2.05, 4.69) is 44.6 Å². The number of nitrogens with one attached hydrogen (secondary N) is 1. The summed E-state index contributed by atoms with van der Waals surface area (Å²) in [7, 11) is 1.35. The Morgan fingerprint density at radius 3 is 2.57 bits per heavy atom. The number of anilines is 1. The second kappa shape index (κ2) is 8.81. The van der Waals surface area contributed by atoms with E-state index >= 15 is 0 Å². The van der Waals surface area contributed by atoms with Gasteiger partial charge < -0.3 is 15.0 Å². The van der Waals surface area contributed by atoms with Crippen molar-refractivity contribution in [3.8, 4) is 22.5 Å². The fraction of sp³-hybridized carbons (Fsp3) is 0.185. The Hall–Kier alpha value is -4.30. The van der Waals surface area contributed by atoms with Crippen molar-refractivity contribution in [2.45, 2.75) is 0 Å². The number of pyridine rings is 1. The van der Waals surface area contributed by atoms with Gasteiger partial charge in [-0.2, -0.15) is 5.10 Å². The van der Waals surface area contributed by atoms with Crippen molar-refractivity contribution in [3.63, 3.8) is 0 Å². The summed E-state index contributed by atoms with van der Waals surface area (Å²) in [5, 5.41) is 8.99. The van der Waals surface area contributed by atoms with Crippen LogP contribution in [0, 0.1) is 0 Å². The van der Waals surface area contributed by atoms with Gasteiger partial charge in [0, 0.05) is 54.6 Å². The Bertz CT molecular complexity index is 1530. The summed E-state index contributed by atoms with van der Waals surface area (Å²) in [6.07, 6.45) is 1.79. The van der Waals surface area contributed by atoms with E-state index < -0.39 is 5.97 Å². The van der Waals surface area contributed by atoms with Gasteiger partial charge in [0.15, 0.2) is 11.3 Å². The Labute approximate surface area is 202 Å². The summed E-state index contributed by atoms with van der Waals surface area (Å²) in [6, 6.07) is 21.9. The van der Waals surface area contributed by atoms with Gasteiger partial charge in [-0.1, -0.05) is 30.3 Å². The Morgan fingerprint density at radius 1 is 0.971 bits per heavy atom. The Kier molecular flexibility index (Phi) is 5.35. The maximum absolute atomic E-state index is 12.2. The molecule has 0 aliphatic carbocycles. The summed E-state index contributed by atoms with van der Waals surface area (Å²) in [5.74, 6) is -0.493. The van der Waals surface area contributed by atoms with Crippen LogP contribution in [0.25, 0.3) is 39.1 Å². The van der Waals surface area contributed by atoms with E-state index in [1.807, 2.05) is 30.3 Å². The maximum atomic E-state index is 12.2. The maximum Gasteiger partial charge on any atom is 0.358 e. The molecule has 1 saturated heterocycles. The van der Waals surface area contributed by atoms with Gasteiger partial charge in [-0.15, -0.1) is 0 Å². The molecule has 0 spiro atoms. The number of piperazine rings is 1. The summed E-state index contributed by atoms with van der Waals surface area (Å²) < 4.78 is 6.64. The number of para-hydroxylation sites is 1. The molecular formula is C27H24N6O2. The summed E-state index contributed by atoms with van der Waals surface area (Å²) in [6.45, 7) is 3.95. The Morgan fingerprint density at radius 2 is 1.77 bits per heavy atom. The number of hydrogen-bond donors (Lipinski definition) is 1. The average molecular weight is 465 g/mol. The van der Waals surface area contributed by atoms with E-state index in [1.54, 1.807) is 22.8 Å². The molecular weight excluding hydrogens is 440 g/mol. The topological polar surface area (TPSA) is 84.6 Å². The van der Waals surface area contributed by atoms with Gasteiger partial charge in [0.2, 0.25) is 0 Å². The fourth-order valence-electron chi connectivity index (χ4n) is 4.65. The monoisotopic (exact) mass is 464 g/mol. The van der Waals surface area contributed by atoms with Crippen LogP contribution in [0.2, 0.25) is 0 Å². The van der Waals surface area contributed by atoms with Crippen molar-refractivity contribution in [2.75, 3.05) is 38.2 Å². The van der Waals surface area contributed by atoms with Crippen molar-refractivity contribution in [1.82, 2.24) is 24.9 Å². The third-order valence-corrected chi connectivity index (χ3v) is 6.40. The van der Waals surface area contributed by atoms with Crippen LogP contribution in [-0.4, -0.2) is 58.8 Å². The van der Waals surface area contributed by atoms with Crippen LogP contribution in [0.5, 0.6) is 0 Å². The molecule has 1 aliphatic rings. The van der Waals surface area contributed by atoms with Crippen molar-refractivity contribution < 1.29 is 9.53 Å². The number of aromatic nitrogens is 4. The molecule has 0 bridgehead atoms. The first-order valence-electron chi connectivity index (χ1n) is 11.6. The number of hydrogen-bond acceptors (Lipinski definition) is 7. The minimum absolute atomic E-state index is 0.220. The highest BCUT2D eigenvalue weighted by molar-refractivity contribution is 5.98. The number of methoxy groups -OCH3 is 1. The fourth-order valence-corrected chi connectivity index (χ4v) is 4.65. The molecule has 1 N–H and O–H groups in total. The van der Waals surface area contributed by atoms with E-state index in [0.29, 0.717) is 5.65 Å². The first-order chi connectivity index (χ1) is 17.2. The SMILES string of the molecule is COC(=O)c1ccc2nc(-c3ccc(N4CCNCC4)cc3)c(-c3ccnc4ccccc34)n2n1. The second-order valence-corrected chi connectivity index (χ2v) is 8.45. The molecule has 35 heavy (non-hydrogen) atoms. The Balaban J connectivity index is 1.56. The van der Waals surface area contributed by atoms with Crippen molar-refractivity contribution >= 4 is 28.2 Å². The minimum atomic E-state index is -0.493. The molecule has 8 nitrogen and oxygen atoms in total. The van der Waals surface area contributed by atoms with Crippen LogP contribution in [-0.2, 0) is 4.74 Å². The molecule has 0 amide bonds. The van der Waals surface area contributed by atoms with E-state index in [9.17, 15) is 4.79 Å². The van der Waals surface area contributed by atoms with Gasteiger partial charge in [-0.25, -0.2) is 14.3 Å². The van der Waals surface area contributed by atoms with Crippen LogP contribution >= 0.6 is 0 Å². The molecule has 0 unspecified atom stereocenters. The van der Waals surface area contributed by atoms with E-state index in [-0.39, 0.29) is 5.69 Å². The molecule has 1 aliphatic heterocycles. The number of esters is 1. The third kappa shape index (κ3) is 3.77. The molecule has 6 rings (SSSR count). The smallest absolute Gasteiger partial charge is 0.358 e. The lowest BCUT2D eigenvalue weighted by Gasteiger charge is -2.29. The van der Waals surface area contributed by atoms with Gasteiger partial charge in [-0.3, -0.25) is 4.98 Å². The number of carbonyl (C=O) groups is 1. The zero-order valence-corrected chi connectivity index (χ0v) is 19.3. The minimum Gasteiger partial charge on any atom is -0.464 e. The predicted molar refractivity (Wildman–Crippen MR) is 136 cm³/mol. The normalized spacial score (nSPS) is 13.9. The molecule has 3 aromatic heterocycles. The lowest BCUT2D eigenvalue weighted by molar-refractivity contribution is 0.0592. The molecule has 8 heteroatoms. The van der Waals surface area contributed by atoms with Crippen LogP contribution in [0.3, 0.4) is 0 Å². The number of nitrogens with zero attached hydrogens (tertiary/aromatic N) is 5. The van der Waals surface area contributed by atoms with Crippen molar-refractivity contribution in [1.29, 1.82) is 0 Å². The quantitative estimate of drug-likeness (QED) is 0.405. The number of imidazole rings is 1. The summed E-state index contributed by atoms with van der Waals surface area (Å²) in [4.78, 5) is 24.1. The van der Waals surface area contributed by atoms with Crippen molar-refractivity contribution in [3.05, 3.63) is 78.6 Å². The zero-order valence-electron chi connectivity index (χ0n) is 19.3. The molecule has 0 saturated carbocycles. The van der Waals surface area contributed by atoms with Gasteiger partial charge in [0.05, 0.1) is 18.3 Å². The number of ether oxygens (including phenoxy) is 1. The summed E-state index contributed by atoms with van der Waals surface area (Å²) in [5.41, 5.74) is 6.46. The largest absolute Gasteiger partial charge is 0.464 e. The molecule has 0 radical (unpaired) electrons. The third-order valence-electron chi connectivity index (χ3n) is 6.40. The van der Waals surface area contributed by atoms with Gasteiger partial charge in [0.1, 0.15) is 5.69 Å². The van der Waals surface area contributed by atoms with E-state index in [1.165, 1.54) is 12.8 Å². The van der Waals surface area contributed by atoms with Gasteiger partial charge >= 0.3 is 5.97 Å². The van der Waals surface area contributed by atoms with E-state index in [4.69, 9.17) is 9.72 Å². The lowest BCUT2D eigenvalue weighted by Crippen LogP contribution is -2.43. The van der Waals surface area contributed by atoms with Crippen LogP contribution < -0.4 is 10.2 Å². The van der Waals surface area contributed by atoms with E-state index in [0.717, 1.165) is 59.6 Å². The predicted octanol–water partition coefficient (Wildman–Crippen LogP) is 3.81. The first kappa shape index (κ1) is 21.2. The average Bonchev–Trinajstić information content (AvgIpc) is 3.31. The molecule has 174 valence electrons. The number of benzene rings is 2. The standard InChI is InChI=1S/C27H24N6O2/c1-35-27(34)23-10-11-24-30-25(18-6-8-19(9-7-18)32-16-14-28-15-17-32)26(33(24)31-23)21-12-13-29-22-5-3-2-4-20(21)22/h2-13,28H,14-17H2,1H3. The van der Waals surface area contributed by atoms with Gasteiger partial charge in [-0.05, 0) is 36.4 Å². The first-order valence-corrected chi connectivity index (χ1v) is 11.6. The van der Waals surface area contributed by atoms with Crippen LogP contribution in [0.1, 0.15) is 10.5 Å². The number of rotatable bonds is 4. The van der Waals surface area contributed by atoms with Crippen molar-refractivity contribution in [2.24, 2.45) is 0 Å². The van der Waals surface area contributed by atoms with Crippen LogP contribution in [0.15, 0.2) is 72.9 Å². The number of carbonyl (C=O) groups excluding carboxylic acids is 1. The van der Waals surface area contributed by atoms with Gasteiger partial charge in [0.25, 0.3) is 0 Å². The lowest BCUT2D eigenvalue weighted by atomic mass is 10.0. The molecule has 5 aromatic rings. The summed E-state index contributed by atoms with van der Waals surface area (Å²) >= 11 is 0. The number of fused-ring (bicyclic) bond motifs is 2. The highest BCUT2D eigenvalue weighted by atomic mass is 16.5. The second-order valence-electron chi connectivity index (χ2n) is 8.45. The zero-order chi connectivity index (χ0) is 23.8. The molecule has 2 aromatic carbocycles. The molecule has 4 heterocycles. The molecule has 0 atom stereocenters. The highest BCUT2D eigenvalue weighted by Gasteiger charge is 2.21. The van der Waals surface area contributed by atoms with Crippen LogP contribution in [0.4, 0.5) is 5.69 Å².